The van der Waals surface area contributed by atoms with Crippen LogP contribution in [0.25, 0.3) is 12.2 Å². The van der Waals surface area contributed by atoms with Gasteiger partial charge in [0.05, 0.1) is 0 Å². The van der Waals surface area contributed by atoms with Crippen LogP contribution in [-0.4, -0.2) is 7.05 Å². The maximum Gasteiger partial charge on any atom is 0.0493 e. The number of anilines is 1. The Balaban J connectivity index is 2.24. The van der Waals surface area contributed by atoms with Crippen LogP contribution in [0.2, 0.25) is 10.0 Å². The summed E-state index contributed by atoms with van der Waals surface area (Å²) in [6.45, 7) is 0. The van der Waals surface area contributed by atoms with Gasteiger partial charge >= 0.3 is 0 Å². The molecule has 2 rings (SSSR count). The van der Waals surface area contributed by atoms with Gasteiger partial charge in [-0.15, -0.1) is 0 Å². The second kappa shape index (κ2) is 5.94. The maximum atomic E-state index is 6.10. The Bertz CT molecular complexity index is 539. The molecule has 0 aromatic heterocycles. The van der Waals surface area contributed by atoms with Gasteiger partial charge in [0.1, 0.15) is 0 Å². The van der Waals surface area contributed by atoms with Crippen molar-refractivity contribution in [2.45, 2.75) is 0 Å². The summed E-state index contributed by atoms with van der Waals surface area (Å²) in [5.41, 5.74) is 3.03. The molecule has 0 aliphatic rings. The van der Waals surface area contributed by atoms with E-state index in [0.717, 1.165) is 16.8 Å². The number of rotatable bonds is 3. The fourth-order valence-corrected chi connectivity index (χ4v) is 2.13. The SMILES string of the molecule is CNc1ccc(/C=C/c2c(Cl)cccc2Cl)cc1. The molecule has 0 saturated heterocycles. The van der Waals surface area contributed by atoms with E-state index in [4.69, 9.17) is 23.2 Å². The summed E-state index contributed by atoms with van der Waals surface area (Å²) < 4.78 is 0. The number of hydrogen-bond acceptors (Lipinski definition) is 1. The summed E-state index contributed by atoms with van der Waals surface area (Å²) in [5.74, 6) is 0. The molecule has 0 amide bonds. The molecule has 0 atom stereocenters. The van der Waals surface area contributed by atoms with Crippen molar-refractivity contribution in [1.29, 1.82) is 0 Å². The van der Waals surface area contributed by atoms with Crippen LogP contribution in [0.1, 0.15) is 11.1 Å². The molecule has 3 heteroatoms. The van der Waals surface area contributed by atoms with Crippen LogP contribution < -0.4 is 5.32 Å². The van der Waals surface area contributed by atoms with Crippen LogP contribution in [0.15, 0.2) is 42.5 Å². The molecule has 2 aromatic rings. The summed E-state index contributed by atoms with van der Waals surface area (Å²) in [5, 5.41) is 4.40. The fourth-order valence-electron chi connectivity index (χ4n) is 1.61. The van der Waals surface area contributed by atoms with Gasteiger partial charge in [0, 0.05) is 28.3 Å². The zero-order chi connectivity index (χ0) is 13.0. The van der Waals surface area contributed by atoms with Crippen LogP contribution in [0.4, 0.5) is 5.69 Å². The fraction of sp³-hybridized carbons (Fsp3) is 0.0667. The highest BCUT2D eigenvalue weighted by atomic mass is 35.5. The summed E-state index contributed by atoms with van der Waals surface area (Å²) in [6, 6.07) is 13.6. The lowest BCUT2D eigenvalue weighted by Crippen LogP contribution is -1.86. The van der Waals surface area contributed by atoms with Crippen LogP contribution in [-0.2, 0) is 0 Å². The van der Waals surface area contributed by atoms with Gasteiger partial charge in [-0.2, -0.15) is 0 Å². The van der Waals surface area contributed by atoms with E-state index in [9.17, 15) is 0 Å². The topological polar surface area (TPSA) is 12.0 Å². The predicted octanol–water partition coefficient (Wildman–Crippen LogP) is 5.21. The third-order valence-corrected chi connectivity index (χ3v) is 3.30. The lowest BCUT2D eigenvalue weighted by Gasteiger charge is -2.02. The molecule has 0 bridgehead atoms. The quantitative estimate of drug-likeness (QED) is 0.760. The normalized spacial score (nSPS) is 10.8. The Labute approximate surface area is 117 Å². The van der Waals surface area contributed by atoms with E-state index in [0.29, 0.717) is 10.0 Å². The average Bonchev–Trinajstić information content (AvgIpc) is 2.39. The highest BCUT2D eigenvalue weighted by Crippen LogP contribution is 2.26. The van der Waals surface area contributed by atoms with E-state index < -0.39 is 0 Å². The smallest absolute Gasteiger partial charge is 0.0493 e. The van der Waals surface area contributed by atoms with Gasteiger partial charge in [-0.05, 0) is 29.8 Å². The number of hydrogen-bond donors (Lipinski definition) is 1. The van der Waals surface area contributed by atoms with E-state index in [1.54, 1.807) is 0 Å². The van der Waals surface area contributed by atoms with Gasteiger partial charge in [-0.3, -0.25) is 0 Å². The molecule has 0 unspecified atom stereocenters. The van der Waals surface area contributed by atoms with Crippen LogP contribution in [0.5, 0.6) is 0 Å². The van der Waals surface area contributed by atoms with E-state index in [-0.39, 0.29) is 0 Å². The van der Waals surface area contributed by atoms with Gasteiger partial charge < -0.3 is 5.32 Å². The largest absolute Gasteiger partial charge is 0.388 e. The van der Waals surface area contributed by atoms with Crippen LogP contribution in [0.3, 0.4) is 0 Å². The first kappa shape index (κ1) is 13.0. The second-order valence-corrected chi connectivity index (χ2v) is 4.66. The molecule has 18 heavy (non-hydrogen) atoms. The minimum Gasteiger partial charge on any atom is -0.388 e. The molecule has 1 nitrogen and oxygen atoms in total. The van der Waals surface area contributed by atoms with E-state index in [1.165, 1.54) is 0 Å². The van der Waals surface area contributed by atoms with Crippen molar-refractivity contribution in [1.82, 2.24) is 0 Å². The minimum atomic E-state index is 0.658. The monoisotopic (exact) mass is 277 g/mol. The van der Waals surface area contributed by atoms with Crippen molar-refractivity contribution in [3.8, 4) is 0 Å². The van der Waals surface area contributed by atoms with Gasteiger partial charge in [-0.1, -0.05) is 53.6 Å². The van der Waals surface area contributed by atoms with Gasteiger partial charge in [0.2, 0.25) is 0 Å². The number of nitrogens with one attached hydrogen (secondary N) is 1. The molecule has 0 saturated carbocycles. The summed E-state index contributed by atoms with van der Waals surface area (Å²) in [4.78, 5) is 0. The summed E-state index contributed by atoms with van der Waals surface area (Å²) >= 11 is 12.2. The minimum absolute atomic E-state index is 0.658. The Morgan fingerprint density at radius 1 is 0.889 bits per heavy atom. The van der Waals surface area contributed by atoms with Crippen LogP contribution in [0, 0.1) is 0 Å². The average molecular weight is 278 g/mol. The lowest BCUT2D eigenvalue weighted by atomic mass is 10.1. The molecule has 92 valence electrons. The molecule has 0 aliphatic carbocycles. The Morgan fingerprint density at radius 2 is 1.50 bits per heavy atom. The molecule has 0 aliphatic heterocycles. The zero-order valence-corrected chi connectivity index (χ0v) is 11.5. The first-order chi connectivity index (χ1) is 8.70. The number of benzene rings is 2. The van der Waals surface area contributed by atoms with Crippen molar-refractivity contribution < 1.29 is 0 Å². The summed E-state index contributed by atoms with van der Waals surface area (Å²) in [6.07, 6.45) is 3.92. The number of halogens is 2. The van der Waals surface area contributed by atoms with Gasteiger partial charge in [0.15, 0.2) is 0 Å². The first-order valence-corrected chi connectivity index (χ1v) is 6.36. The molecule has 0 radical (unpaired) electrons. The zero-order valence-electron chi connectivity index (χ0n) is 9.95. The van der Waals surface area contributed by atoms with Gasteiger partial charge in [0.25, 0.3) is 0 Å². The van der Waals surface area contributed by atoms with E-state index in [1.807, 2.05) is 61.7 Å². The standard InChI is InChI=1S/C15H13Cl2N/c1-18-12-8-5-11(6-9-12)7-10-13-14(16)3-2-4-15(13)17/h2-10,18H,1H3/b10-7+. The molecule has 0 spiro atoms. The first-order valence-electron chi connectivity index (χ1n) is 5.60. The van der Waals surface area contributed by atoms with Crippen molar-refractivity contribution in [3.05, 3.63) is 63.6 Å². The molecular formula is C15H13Cl2N. The lowest BCUT2D eigenvalue weighted by molar-refractivity contribution is 1.51. The van der Waals surface area contributed by atoms with Crippen molar-refractivity contribution in [2.75, 3.05) is 12.4 Å². The van der Waals surface area contributed by atoms with Crippen molar-refractivity contribution in [3.63, 3.8) is 0 Å². The Morgan fingerprint density at radius 3 is 2.06 bits per heavy atom. The molecular weight excluding hydrogens is 265 g/mol. The highest BCUT2D eigenvalue weighted by molar-refractivity contribution is 6.37. The Kier molecular flexibility index (Phi) is 4.29. The maximum absolute atomic E-state index is 6.10. The summed E-state index contributed by atoms with van der Waals surface area (Å²) in [7, 11) is 1.90. The van der Waals surface area contributed by atoms with E-state index in [2.05, 4.69) is 5.32 Å². The molecule has 2 aromatic carbocycles. The van der Waals surface area contributed by atoms with Crippen molar-refractivity contribution in [2.24, 2.45) is 0 Å². The highest BCUT2D eigenvalue weighted by Gasteiger charge is 2.00. The third-order valence-electron chi connectivity index (χ3n) is 2.64. The predicted molar refractivity (Wildman–Crippen MR) is 81.4 cm³/mol. The molecule has 0 heterocycles. The van der Waals surface area contributed by atoms with Gasteiger partial charge in [-0.25, -0.2) is 0 Å². The molecule has 1 N–H and O–H groups in total. The van der Waals surface area contributed by atoms with Crippen LogP contribution >= 0.6 is 23.2 Å². The second-order valence-electron chi connectivity index (χ2n) is 3.84. The van der Waals surface area contributed by atoms with E-state index >= 15 is 0 Å². The Hall–Kier alpha value is -1.44. The molecule has 0 fully saturated rings. The van der Waals surface area contributed by atoms with Crippen molar-refractivity contribution >= 4 is 41.0 Å². The third kappa shape index (κ3) is 3.06.